The third-order valence-corrected chi connectivity index (χ3v) is 4.58. The molecule has 1 amide bonds. The zero-order chi connectivity index (χ0) is 19.7. The van der Waals surface area contributed by atoms with Gasteiger partial charge in [0.2, 0.25) is 5.88 Å². The van der Waals surface area contributed by atoms with Gasteiger partial charge in [-0.1, -0.05) is 24.3 Å². The van der Waals surface area contributed by atoms with Crippen LogP contribution >= 0.6 is 0 Å². The van der Waals surface area contributed by atoms with E-state index in [1.807, 2.05) is 0 Å². The molecule has 0 N–H and O–H groups in total. The number of ether oxygens (including phenoxy) is 1. The maximum Gasteiger partial charge on any atom is 0.257 e. The highest BCUT2D eigenvalue weighted by Gasteiger charge is 2.26. The molecule has 3 aromatic rings. The first kappa shape index (κ1) is 18.1. The molecule has 2 heterocycles. The summed E-state index contributed by atoms with van der Waals surface area (Å²) in [5.74, 6) is -2.85. The number of hydrogen-bond acceptors (Lipinski definition) is 3. The van der Waals surface area contributed by atoms with Crippen molar-refractivity contribution in [3.8, 4) is 5.88 Å². The highest BCUT2D eigenvalue weighted by atomic mass is 19.2. The van der Waals surface area contributed by atoms with Crippen LogP contribution in [-0.4, -0.2) is 27.1 Å². The molecule has 0 unspecified atom stereocenters. The van der Waals surface area contributed by atoms with E-state index in [1.54, 1.807) is 28.9 Å². The van der Waals surface area contributed by atoms with Gasteiger partial charge in [0.15, 0.2) is 11.6 Å². The summed E-state index contributed by atoms with van der Waals surface area (Å²) in [7, 11) is 0. The molecule has 1 aliphatic heterocycles. The van der Waals surface area contributed by atoms with Gasteiger partial charge in [0, 0.05) is 18.2 Å². The smallest absolute Gasteiger partial charge is 0.257 e. The second-order valence-electron chi connectivity index (χ2n) is 6.41. The Kier molecular flexibility index (Phi) is 4.77. The van der Waals surface area contributed by atoms with Gasteiger partial charge in [0.25, 0.3) is 5.91 Å². The topological polar surface area (TPSA) is 47.4 Å². The molecule has 5 nitrogen and oxygen atoms in total. The lowest BCUT2D eigenvalue weighted by atomic mass is 10.1. The Morgan fingerprint density at radius 3 is 2.64 bits per heavy atom. The van der Waals surface area contributed by atoms with Crippen LogP contribution in [0.1, 0.15) is 21.6 Å². The molecule has 0 spiro atoms. The van der Waals surface area contributed by atoms with Crippen molar-refractivity contribution in [3.05, 3.63) is 82.8 Å². The first-order valence-electron chi connectivity index (χ1n) is 8.69. The normalized spacial score (nSPS) is 13.3. The van der Waals surface area contributed by atoms with E-state index in [0.29, 0.717) is 30.2 Å². The molecule has 144 valence electrons. The number of aromatic nitrogens is 2. The number of benzene rings is 2. The van der Waals surface area contributed by atoms with Gasteiger partial charge in [0.05, 0.1) is 24.3 Å². The molecule has 0 saturated heterocycles. The lowest BCUT2D eigenvalue weighted by Gasteiger charge is -2.27. The summed E-state index contributed by atoms with van der Waals surface area (Å²) in [5, 5.41) is 4.29. The Morgan fingerprint density at radius 1 is 1.04 bits per heavy atom. The van der Waals surface area contributed by atoms with Gasteiger partial charge in [-0.2, -0.15) is 0 Å². The van der Waals surface area contributed by atoms with E-state index < -0.39 is 17.5 Å². The molecule has 0 radical (unpaired) electrons. The minimum Gasteiger partial charge on any atom is -0.472 e. The molecule has 28 heavy (non-hydrogen) atoms. The number of hydrogen-bond donors (Lipinski definition) is 0. The van der Waals surface area contributed by atoms with Crippen molar-refractivity contribution in [3.63, 3.8) is 0 Å². The predicted molar refractivity (Wildman–Crippen MR) is 94.1 cm³/mol. The van der Waals surface area contributed by atoms with Crippen molar-refractivity contribution < 1.29 is 22.7 Å². The van der Waals surface area contributed by atoms with Crippen molar-refractivity contribution in [2.24, 2.45) is 0 Å². The standard InChI is InChI=1S/C20H16F3N3O2/c21-16-6-2-1-4-13(16)12-28-18-10-14-11-25(8-9-26(14)24-18)20(27)15-5-3-7-17(22)19(15)23/h1-7,10H,8-9,11-12H2. The van der Waals surface area contributed by atoms with Crippen LogP contribution < -0.4 is 4.74 Å². The number of carbonyl (C=O) groups excluding carboxylic acids is 1. The minimum atomic E-state index is -1.15. The SMILES string of the molecule is O=C(c1cccc(F)c1F)N1CCn2nc(OCc3ccccc3F)cc2C1. The van der Waals surface area contributed by atoms with Gasteiger partial charge >= 0.3 is 0 Å². The predicted octanol–water partition coefficient (Wildman–Crippen LogP) is 3.54. The van der Waals surface area contributed by atoms with E-state index in [-0.39, 0.29) is 24.5 Å². The van der Waals surface area contributed by atoms with Gasteiger partial charge in [0.1, 0.15) is 12.4 Å². The van der Waals surface area contributed by atoms with Crippen LogP contribution in [0.2, 0.25) is 0 Å². The van der Waals surface area contributed by atoms with E-state index >= 15 is 0 Å². The van der Waals surface area contributed by atoms with Crippen LogP contribution in [-0.2, 0) is 19.7 Å². The molecule has 0 saturated carbocycles. The van der Waals surface area contributed by atoms with Crippen molar-refractivity contribution >= 4 is 5.91 Å². The van der Waals surface area contributed by atoms with Crippen molar-refractivity contribution in [1.82, 2.24) is 14.7 Å². The fraction of sp³-hybridized carbons (Fsp3) is 0.200. The molecule has 0 atom stereocenters. The third-order valence-electron chi connectivity index (χ3n) is 4.58. The van der Waals surface area contributed by atoms with Gasteiger partial charge in [-0.15, -0.1) is 5.10 Å². The van der Waals surface area contributed by atoms with E-state index in [1.165, 1.54) is 23.1 Å². The molecule has 8 heteroatoms. The summed E-state index contributed by atoms with van der Waals surface area (Å²) in [4.78, 5) is 14.0. The lowest BCUT2D eigenvalue weighted by Crippen LogP contribution is -2.38. The van der Waals surface area contributed by atoms with Crippen LogP contribution in [0.5, 0.6) is 5.88 Å². The number of amides is 1. The van der Waals surface area contributed by atoms with E-state index in [2.05, 4.69) is 5.10 Å². The summed E-state index contributed by atoms with van der Waals surface area (Å²) >= 11 is 0. The Hall–Kier alpha value is -3.29. The number of halogens is 3. The zero-order valence-electron chi connectivity index (χ0n) is 14.7. The summed E-state index contributed by atoms with van der Waals surface area (Å²) < 4.78 is 48.2. The third kappa shape index (κ3) is 3.45. The molecule has 1 aromatic heterocycles. The lowest BCUT2D eigenvalue weighted by molar-refractivity contribution is 0.0700. The molecule has 0 aliphatic carbocycles. The van der Waals surface area contributed by atoms with E-state index in [0.717, 1.165) is 6.07 Å². The van der Waals surface area contributed by atoms with Crippen molar-refractivity contribution in [1.29, 1.82) is 0 Å². The summed E-state index contributed by atoms with van der Waals surface area (Å²) in [5.41, 5.74) is 0.802. The van der Waals surface area contributed by atoms with Crippen molar-refractivity contribution in [2.45, 2.75) is 19.7 Å². The highest BCUT2D eigenvalue weighted by Crippen LogP contribution is 2.22. The van der Waals surface area contributed by atoms with Gasteiger partial charge in [-0.25, -0.2) is 13.2 Å². The van der Waals surface area contributed by atoms with Crippen LogP contribution in [0.25, 0.3) is 0 Å². The summed E-state index contributed by atoms with van der Waals surface area (Å²) in [6, 6.07) is 11.5. The Morgan fingerprint density at radius 2 is 1.82 bits per heavy atom. The Balaban J connectivity index is 1.46. The molecule has 4 rings (SSSR count). The number of carbonyl (C=O) groups is 1. The fourth-order valence-corrected chi connectivity index (χ4v) is 3.09. The second kappa shape index (κ2) is 7.38. The fourth-order valence-electron chi connectivity index (χ4n) is 3.09. The molecule has 0 fully saturated rings. The molecule has 1 aliphatic rings. The van der Waals surface area contributed by atoms with E-state index in [9.17, 15) is 18.0 Å². The van der Waals surface area contributed by atoms with Crippen LogP contribution in [0.3, 0.4) is 0 Å². The Labute approximate surface area is 159 Å². The van der Waals surface area contributed by atoms with Crippen LogP contribution in [0, 0.1) is 17.5 Å². The highest BCUT2D eigenvalue weighted by molar-refractivity contribution is 5.94. The second-order valence-corrected chi connectivity index (χ2v) is 6.41. The van der Waals surface area contributed by atoms with Gasteiger partial charge < -0.3 is 9.64 Å². The average molecular weight is 387 g/mol. The molecule has 0 bridgehead atoms. The molecular weight excluding hydrogens is 371 g/mol. The maximum absolute atomic E-state index is 13.9. The minimum absolute atomic E-state index is 0.0281. The zero-order valence-corrected chi connectivity index (χ0v) is 14.7. The number of rotatable bonds is 4. The molecular formula is C20H16F3N3O2. The average Bonchev–Trinajstić information content (AvgIpc) is 3.11. The monoisotopic (exact) mass is 387 g/mol. The molecule has 2 aromatic carbocycles. The number of fused-ring (bicyclic) bond motifs is 1. The Bertz CT molecular complexity index is 1040. The summed E-state index contributed by atoms with van der Waals surface area (Å²) in [6.45, 7) is 0.905. The van der Waals surface area contributed by atoms with Gasteiger partial charge in [-0.05, 0) is 18.2 Å². The quantitative estimate of drug-likeness (QED) is 0.688. The van der Waals surface area contributed by atoms with Crippen molar-refractivity contribution in [2.75, 3.05) is 6.54 Å². The maximum atomic E-state index is 13.9. The largest absolute Gasteiger partial charge is 0.472 e. The first-order chi connectivity index (χ1) is 13.5. The van der Waals surface area contributed by atoms with E-state index in [4.69, 9.17) is 4.74 Å². The number of nitrogens with zero attached hydrogens (tertiary/aromatic N) is 3. The van der Waals surface area contributed by atoms with Crippen LogP contribution in [0.15, 0.2) is 48.5 Å². The van der Waals surface area contributed by atoms with Gasteiger partial charge in [-0.3, -0.25) is 9.48 Å². The first-order valence-corrected chi connectivity index (χ1v) is 8.69. The summed E-state index contributed by atoms with van der Waals surface area (Å²) in [6.07, 6.45) is 0. The van der Waals surface area contributed by atoms with Crippen LogP contribution in [0.4, 0.5) is 13.2 Å².